The van der Waals surface area contributed by atoms with E-state index in [9.17, 15) is 9.90 Å². The zero-order valence-electron chi connectivity index (χ0n) is 12.8. The molecule has 0 aliphatic carbocycles. The minimum absolute atomic E-state index is 0.0756. The number of carbonyl (C=O) groups excluding carboxylic acids is 1. The molecule has 1 amide bonds. The van der Waals surface area contributed by atoms with Crippen molar-refractivity contribution in [2.75, 3.05) is 7.11 Å². The second-order valence-electron chi connectivity index (χ2n) is 4.89. The summed E-state index contributed by atoms with van der Waals surface area (Å²) < 4.78 is 5.11. The number of rotatable bonds is 4. The van der Waals surface area contributed by atoms with Crippen LogP contribution < -0.4 is 10.2 Å². The maximum absolute atomic E-state index is 12.0. The van der Waals surface area contributed by atoms with E-state index >= 15 is 0 Å². The fourth-order valence-electron chi connectivity index (χ4n) is 1.90. The van der Waals surface area contributed by atoms with Crippen LogP contribution in [0, 0.1) is 6.92 Å². The van der Waals surface area contributed by atoms with Crippen molar-refractivity contribution in [1.82, 2.24) is 5.43 Å². The van der Waals surface area contributed by atoms with Gasteiger partial charge in [-0.25, -0.2) is 5.43 Å². The molecule has 2 N–H and O–H groups in total. The zero-order valence-corrected chi connectivity index (χ0v) is 12.8. The fourth-order valence-corrected chi connectivity index (χ4v) is 1.90. The molecule has 0 saturated carbocycles. The van der Waals surface area contributed by atoms with Crippen LogP contribution in [0.5, 0.6) is 11.5 Å². The first-order valence-electron chi connectivity index (χ1n) is 6.80. The number of phenolic OH excluding ortho intramolecular Hbond substituents is 1. The van der Waals surface area contributed by atoms with Gasteiger partial charge in [0.2, 0.25) is 0 Å². The molecule has 0 saturated heterocycles. The molecule has 0 fully saturated rings. The molecule has 5 heteroatoms. The lowest BCUT2D eigenvalue weighted by Gasteiger charge is -2.07. The lowest BCUT2D eigenvalue weighted by molar-refractivity contribution is 0.0955. The maximum Gasteiger partial charge on any atom is 0.271 e. The largest absolute Gasteiger partial charge is 0.507 e. The summed E-state index contributed by atoms with van der Waals surface area (Å²) in [5.41, 5.74) is 5.07. The highest BCUT2D eigenvalue weighted by atomic mass is 16.5. The number of ether oxygens (including phenoxy) is 1. The molecule has 0 bridgehead atoms. The molecule has 0 heterocycles. The molecule has 5 nitrogen and oxygen atoms in total. The van der Waals surface area contributed by atoms with Crippen molar-refractivity contribution in [1.29, 1.82) is 0 Å². The van der Waals surface area contributed by atoms with E-state index in [0.29, 0.717) is 22.6 Å². The van der Waals surface area contributed by atoms with Gasteiger partial charge in [-0.3, -0.25) is 4.79 Å². The Kier molecular flexibility index (Phi) is 4.78. The van der Waals surface area contributed by atoms with E-state index < -0.39 is 0 Å². The molecule has 2 aromatic carbocycles. The summed E-state index contributed by atoms with van der Waals surface area (Å²) in [5, 5.41) is 13.9. The number of nitrogens with one attached hydrogen (secondary N) is 1. The van der Waals surface area contributed by atoms with Crippen LogP contribution >= 0.6 is 0 Å². The molecule has 0 aromatic heterocycles. The second-order valence-corrected chi connectivity index (χ2v) is 4.89. The predicted molar refractivity (Wildman–Crippen MR) is 85.5 cm³/mol. The normalized spacial score (nSPS) is 11.1. The number of nitrogens with zero attached hydrogens (tertiary/aromatic N) is 1. The van der Waals surface area contributed by atoms with Crippen molar-refractivity contribution in [3.8, 4) is 11.5 Å². The quantitative estimate of drug-likeness (QED) is 0.673. The Bertz CT molecular complexity index is 706. The Labute approximate surface area is 129 Å². The SMILES string of the molecule is COc1ccc(O)c(/C(C)=N/NC(=O)c2ccc(C)cc2)c1. The number of hydrazone groups is 1. The third-order valence-electron chi connectivity index (χ3n) is 3.23. The van der Waals surface area contributed by atoms with Gasteiger partial charge < -0.3 is 9.84 Å². The summed E-state index contributed by atoms with van der Waals surface area (Å²) in [6.07, 6.45) is 0. The molecule has 0 atom stereocenters. The summed E-state index contributed by atoms with van der Waals surface area (Å²) in [6.45, 7) is 3.65. The number of hydrogen-bond donors (Lipinski definition) is 2. The van der Waals surface area contributed by atoms with Gasteiger partial charge in [0, 0.05) is 11.1 Å². The zero-order chi connectivity index (χ0) is 16.1. The van der Waals surface area contributed by atoms with Crippen LogP contribution in [0.2, 0.25) is 0 Å². The van der Waals surface area contributed by atoms with Gasteiger partial charge in [-0.2, -0.15) is 5.10 Å². The Morgan fingerprint density at radius 1 is 1.18 bits per heavy atom. The number of methoxy groups -OCH3 is 1. The maximum atomic E-state index is 12.0. The van der Waals surface area contributed by atoms with Crippen LogP contribution in [-0.2, 0) is 0 Å². The van der Waals surface area contributed by atoms with Crippen molar-refractivity contribution >= 4 is 11.6 Å². The van der Waals surface area contributed by atoms with Crippen molar-refractivity contribution in [3.63, 3.8) is 0 Å². The van der Waals surface area contributed by atoms with Gasteiger partial charge in [-0.05, 0) is 44.2 Å². The van der Waals surface area contributed by atoms with Crippen LogP contribution in [0.3, 0.4) is 0 Å². The molecule has 0 spiro atoms. The molecule has 2 aromatic rings. The number of aryl methyl sites for hydroxylation is 1. The molecule has 22 heavy (non-hydrogen) atoms. The minimum Gasteiger partial charge on any atom is -0.507 e. The van der Waals surface area contributed by atoms with Crippen LogP contribution in [-0.4, -0.2) is 23.8 Å². The third-order valence-corrected chi connectivity index (χ3v) is 3.23. The van der Waals surface area contributed by atoms with Gasteiger partial charge in [-0.1, -0.05) is 17.7 Å². The monoisotopic (exact) mass is 298 g/mol. The smallest absolute Gasteiger partial charge is 0.271 e. The lowest BCUT2D eigenvalue weighted by atomic mass is 10.1. The van der Waals surface area contributed by atoms with E-state index in [0.717, 1.165) is 5.56 Å². The van der Waals surface area contributed by atoms with Gasteiger partial charge >= 0.3 is 0 Å². The van der Waals surface area contributed by atoms with Gasteiger partial charge in [0.15, 0.2) is 0 Å². The summed E-state index contributed by atoms with van der Waals surface area (Å²) in [4.78, 5) is 12.0. The molecule has 0 unspecified atom stereocenters. The standard InChI is InChI=1S/C17H18N2O3/c1-11-4-6-13(7-5-11)17(21)19-18-12(2)15-10-14(22-3)8-9-16(15)20/h4-10,20H,1-3H3,(H,19,21)/b18-12+. The number of amides is 1. The van der Waals surface area contributed by atoms with E-state index in [1.807, 2.05) is 19.1 Å². The Morgan fingerprint density at radius 2 is 1.86 bits per heavy atom. The van der Waals surface area contributed by atoms with Crippen LogP contribution in [0.4, 0.5) is 0 Å². The van der Waals surface area contributed by atoms with Gasteiger partial charge in [0.1, 0.15) is 11.5 Å². The van der Waals surface area contributed by atoms with E-state index in [2.05, 4.69) is 10.5 Å². The van der Waals surface area contributed by atoms with Gasteiger partial charge in [0.25, 0.3) is 5.91 Å². The summed E-state index contributed by atoms with van der Waals surface area (Å²) >= 11 is 0. The molecule has 0 aliphatic rings. The van der Waals surface area contributed by atoms with Gasteiger partial charge in [0.05, 0.1) is 12.8 Å². The van der Waals surface area contributed by atoms with E-state index in [-0.39, 0.29) is 11.7 Å². The van der Waals surface area contributed by atoms with E-state index in [4.69, 9.17) is 4.74 Å². The first kappa shape index (κ1) is 15.6. The van der Waals surface area contributed by atoms with Crippen LogP contribution in [0.15, 0.2) is 47.6 Å². The van der Waals surface area contributed by atoms with Crippen molar-refractivity contribution < 1.29 is 14.6 Å². The van der Waals surface area contributed by atoms with Crippen molar-refractivity contribution in [3.05, 3.63) is 59.2 Å². The molecule has 114 valence electrons. The lowest BCUT2D eigenvalue weighted by Crippen LogP contribution is -2.19. The Balaban J connectivity index is 2.15. The Hall–Kier alpha value is -2.82. The van der Waals surface area contributed by atoms with E-state index in [1.54, 1.807) is 38.3 Å². The number of benzene rings is 2. The van der Waals surface area contributed by atoms with Crippen LogP contribution in [0.25, 0.3) is 0 Å². The first-order valence-corrected chi connectivity index (χ1v) is 6.80. The first-order chi connectivity index (χ1) is 10.5. The minimum atomic E-state index is -0.304. The highest BCUT2D eigenvalue weighted by Gasteiger charge is 2.08. The summed E-state index contributed by atoms with van der Waals surface area (Å²) in [7, 11) is 1.54. The predicted octanol–water partition coefficient (Wildman–Crippen LogP) is 2.86. The molecular formula is C17H18N2O3. The fraction of sp³-hybridized carbons (Fsp3) is 0.176. The number of phenols is 1. The van der Waals surface area contributed by atoms with Gasteiger partial charge in [-0.15, -0.1) is 0 Å². The Morgan fingerprint density at radius 3 is 2.50 bits per heavy atom. The summed E-state index contributed by atoms with van der Waals surface area (Å²) in [6, 6.07) is 12.0. The molecule has 0 aliphatic heterocycles. The number of hydrogen-bond acceptors (Lipinski definition) is 4. The highest BCUT2D eigenvalue weighted by molar-refractivity contribution is 6.02. The molecule has 2 rings (SSSR count). The van der Waals surface area contributed by atoms with Crippen molar-refractivity contribution in [2.24, 2.45) is 5.10 Å². The van der Waals surface area contributed by atoms with Crippen molar-refractivity contribution in [2.45, 2.75) is 13.8 Å². The average molecular weight is 298 g/mol. The number of aromatic hydroxyl groups is 1. The van der Waals surface area contributed by atoms with Crippen LogP contribution in [0.1, 0.15) is 28.4 Å². The highest BCUT2D eigenvalue weighted by Crippen LogP contribution is 2.23. The third kappa shape index (κ3) is 3.63. The number of carbonyl (C=O) groups is 1. The topological polar surface area (TPSA) is 70.9 Å². The van der Waals surface area contributed by atoms with E-state index in [1.165, 1.54) is 6.07 Å². The summed E-state index contributed by atoms with van der Waals surface area (Å²) in [5.74, 6) is 0.376. The molecule has 0 radical (unpaired) electrons. The average Bonchev–Trinajstić information content (AvgIpc) is 2.53. The molecular weight excluding hydrogens is 280 g/mol. The second kappa shape index (κ2) is 6.76.